The normalized spacial score (nSPS) is 20.6. The van der Waals surface area contributed by atoms with Crippen LogP contribution in [0.4, 0.5) is 0 Å². The Hall–Kier alpha value is -2.04. The zero-order valence-electron chi connectivity index (χ0n) is 22.5. The third-order valence-electron chi connectivity index (χ3n) is 7.70. The number of benzene rings is 2. The van der Waals surface area contributed by atoms with E-state index in [-0.39, 0.29) is 0 Å². The summed E-state index contributed by atoms with van der Waals surface area (Å²) >= 11 is 0. The summed E-state index contributed by atoms with van der Waals surface area (Å²) in [5, 5.41) is 7.24. The van der Waals surface area contributed by atoms with Gasteiger partial charge < -0.3 is 20.1 Å². The maximum atomic E-state index is 6.25. The van der Waals surface area contributed by atoms with Crippen LogP contribution in [0, 0.1) is 27.7 Å². The fourth-order valence-electron chi connectivity index (χ4n) is 5.92. The molecule has 0 aromatic heterocycles. The maximum Gasteiger partial charge on any atom is 0.125 e. The van der Waals surface area contributed by atoms with Gasteiger partial charge in [-0.25, -0.2) is 0 Å². The van der Waals surface area contributed by atoms with Crippen LogP contribution in [0.3, 0.4) is 0 Å². The van der Waals surface area contributed by atoms with Crippen molar-refractivity contribution in [1.82, 2.24) is 10.6 Å². The van der Waals surface area contributed by atoms with E-state index in [2.05, 4.69) is 62.6 Å². The third kappa shape index (κ3) is 7.47. The molecule has 192 valence electrons. The molecule has 35 heavy (non-hydrogen) atoms. The van der Waals surface area contributed by atoms with Crippen LogP contribution in [0.15, 0.2) is 24.3 Å². The van der Waals surface area contributed by atoms with Crippen molar-refractivity contribution in [3.63, 3.8) is 0 Å². The Morgan fingerprint density at radius 3 is 1.37 bits per heavy atom. The van der Waals surface area contributed by atoms with Gasteiger partial charge in [0.05, 0.1) is 13.2 Å². The molecule has 0 radical (unpaired) electrons. The van der Waals surface area contributed by atoms with Gasteiger partial charge in [0, 0.05) is 12.1 Å². The molecule has 2 aliphatic heterocycles. The lowest BCUT2D eigenvalue weighted by Gasteiger charge is -2.24. The van der Waals surface area contributed by atoms with Gasteiger partial charge in [0.15, 0.2) is 0 Å². The summed E-state index contributed by atoms with van der Waals surface area (Å²) in [5.41, 5.74) is 7.64. The Labute approximate surface area is 213 Å². The molecule has 4 heteroatoms. The Morgan fingerprint density at radius 1 is 0.629 bits per heavy atom. The molecule has 2 unspecified atom stereocenters. The van der Waals surface area contributed by atoms with Crippen LogP contribution < -0.4 is 20.1 Å². The SMILES string of the molecule is Cc1cc(Cc2cc(C)c(OCCC3CCCCN3)c(C)c2)cc(C)c1OCCC1CCCCN1. The van der Waals surface area contributed by atoms with Crippen molar-refractivity contribution < 1.29 is 9.47 Å². The molecule has 2 fully saturated rings. The van der Waals surface area contributed by atoms with Crippen molar-refractivity contribution in [2.45, 2.75) is 97.6 Å². The van der Waals surface area contributed by atoms with Crippen molar-refractivity contribution in [2.24, 2.45) is 0 Å². The maximum absolute atomic E-state index is 6.25. The van der Waals surface area contributed by atoms with Crippen molar-refractivity contribution in [2.75, 3.05) is 26.3 Å². The van der Waals surface area contributed by atoms with Gasteiger partial charge in [0.2, 0.25) is 0 Å². The first-order valence-corrected chi connectivity index (χ1v) is 13.9. The van der Waals surface area contributed by atoms with Gasteiger partial charge in [-0.15, -0.1) is 0 Å². The van der Waals surface area contributed by atoms with E-state index in [0.717, 1.165) is 57.1 Å². The van der Waals surface area contributed by atoms with E-state index < -0.39 is 0 Å². The summed E-state index contributed by atoms with van der Waals surface area (Å²) in [6, 6.07) is 10.4. The predicted octanol–water partition coefficient (Wildman–Crippen LogP) is 6.33. The molecule has 0 saturated carbocycles. The summed E-state index contributed by atoms with van der Waals surface area (Å²) < 4.78 is 12.5. The van der Waals surface area contributed by atoms with Gasteiger partial charge in [-0.1, -0.05) is 37.1 Å². The van der Waals surface area contributed by atoms with E-state index in [1.807, 2.05) is 0 Å². The highest BCUT2D eigenvalue weighted by Gasteiger charge is 2.15. The monoisotopic (exact) mass is 478 g/mol. The molecule has 2 saturated heterocycles. The quantitative estimate of drug-likeness (QED) is 0.419. The highest BCUT2D eigenvalue weighted by molar-refractivity contribution is 5.47. The van der Waals surface area contributed by atoms with Crippen molar-refractivity contribution in [3.05, 3.63) is 57.6 Å². The Kier molecular flexibility index (Phi) is 9.51. The van der Waals surface area contributed by atoms with Gasteiger partial charge in [0.1, 0.15) is 11.5 Å². The number of hydrogen-bond acceptors (Lipinski definition) is 4. The Morgan fingerprint density at radius 2 is 1.03 bits per heavy atom. The van der Waals surface area contributed by atoms with Gasteiger partial charge in [-0.05, 0) is 119 Å². The smallest absolute Gasteiger partial charge is 0.125 e. The standard InChI is InChI=1S/C31H46N2O2/c1-22-17-26(18-23(2)30(22)34-15-11-28-9-5-7-13-32-28)21-27-19-24(3)31(25(4)20-27)35-16-12-29-10-6-8-14-33-29/h17-20,28-29,32-33H,5-16,21H2,1-4H3. The third-order valence-corrected chi connectivity index (χ3v) is 7.70. The molecule has 2 aromatic rings. The molecule has 2 heterocycles. The molecule has 0 aliphatic carbocycles. The fraction of sp³-hybridized carbons (Fsp3) is 0.613. The second-order valence-electron chi connectivity index (χ2n) is 10.9. The molecule has 2 N–H and O–H groups in total. The van der Waals surface area contributed by atoms with Crippen molar-refractivity contribution in [1.29, 1.82) is 0 Å². The molecule has 0 amide bonds. The first kappa shape index (κ1) is 26.0. The number of piperidine rings is 2. The van der Waals surface area contributed by atoms with Crippen LogP contribution in [-0.2, 0) is 6.42 Å². The number of nitrogens with one attached hydrogen (secondary N) is 2. The number of aryl methyl sites for hydroxylation is 4. The summed E-state index contributed by atoms with van der Waals surface area (Å²) in [7, 11) is 0. The number of rotatable bonds is 10. The highest BCUT2D eigenvalue weighted by Crippen LogP contribution is 2.29. The molecular weight excluding hydrogens is 432 g/mol. The predicted molar refractivity (Wildman–Crippen MR) is 146 cm³/mol. The van der Waals surface area contributed by atoms with Crippen LogP contribution in [0.2, 0.25) is 0 Å². The van der Waals surface area contributed by atoms with Crippen LogP contribution in [0.1, 0.15) is 84.7 Å². The van der Waals surface area contributed by atoms with E-state index in [9.17, 15) is 0 Å². The molecule has 4 nitrogen and oxygen atoms in total. The minimum atomic E-state index is 0.617. The Balaban J connectivity index is 1.32. The fourth-order valence-corrected chi connectivity index (χ4v) is 5.92. The molecule has 2 aliphatic rings. The lowest BCUT2D eigenvalue weighted by molar-refractivity contribution is 0.265. The minimum Gasteiger partial charge on any atom is -0.493 e. The lowest BCUT2D eigenvalue weighted by Crippen LogP contribution is -2.35. The van der Waals surface area contributed by atoms with Crippen molar-refractivity contribution in [3.8, 4) is 11.5 Å². The lowest BCUT2D eigenvalue weighted by atomic mass is 9.97. The zero-order valence-corrected chi connectivity index (χ0v) is 22.5. The first-order valence-electron chi connectivity index (χ1n) is 13.9. The van der Waals surface area contributed by atoms with E-state index >= 15 is 0 Å². The van der Waals surface area contributed by atoms with Crippen LogP contribution >= 0.6 is 0 Å². The van der Waals surface area contributed by atoms with Crippen molar-refractivity contribution >= 4 is 0 Å². The average Bonchev–Trinajstić information content (AvgIpc) is 2.84. The molecule has 4 rings (SSSR count). The van der Waals surface area contributed by atoms with E-state index in [1.165, 1.54) is 71.9 Å². The molecule has 0 spiro atoms. The van der Waals surface area contributed by atoms with Crippen LogP contribution in [0.5, 0.6) is 11.5 Å². The zero-order chi connectivity index (χ0) is 24.6. The van der Waals surface area contributed by atoms with Crippen LogP contribution in [-0.4, -0.2) is 38.4 Å². The summed E-state index contributed by atoms with van der Waals surface area (Å²) in [6.07, 6.45) is 11.0. The summed E-state index contributed by atoms with van der Waals surface area (Å²) in [4.78, 5) is 0. The first-order chi connectivity index (χ1) is 17.0. The van der Waals surface area contributed by atoms with E-state index in [4.69, 9.17) is 9.47 Å². The second-order valence-corrected chi connectivity index (χ2v) is 10.9. The van der Waals surface area contributed by atoms with Gasteiger partial charge >= 0.3 is 0 Å². The summed E-state index contributed by atoms with van der Waals surface area (Å²) in [6.45, 7) is 12.6. The molecule has 0 bridgehead atoms. The topological polar surface area (TPSA) is 42.5 Å². The molecular formula is C31H46N2O2. The highest BCUT2D eigenvalue weighted by atomic mass is 16.5. The second kappa shape index (κ2) is 12.8. The van der Waals surface area contributed by atoms with E-state index in [1.54, 1.807) is 0 Å². The van der Waals surface area contributed by atoms with Gasteiger partial charge in [-0.3, -0.25) is 0 Å². The summed E-state index contributed by atoms with van der Waals surface area (Å²) in [5.74, 6) is 2.13. The number of hydrogen-bond donors (Lipinski definition) is 2. The minimum absolute atomic E-state index is 0.617. The molecule has 2 aromatic carbocycles. The van der Waals surface area contributed by atoms with E-state index in [0.29, 0.717) is 12.1 Å². The Bertz CT molecular complexity index is 835. The van der Waals surface area contributed by atoms with Gasteiger partial charge in [0.25, 0.3) is 0 Å². The average molecular weight is 479 g/mol. The van der Waals surface area contributed by atoms with Crippen LogP contribution in [0.25, 0.3) is 0 Å². The number of ether oxygens (including phenoxy) is 2. The molecule has 2 atom stereocenters. The largest absolute Gasteiger partial charge is 0.493 e. The van der Waals surface area contributed by atoms with Gasteiger partial charge in [-0.2, -0.15) is 0 Å².